The lowest BCUT2D eigenvalue weighted by Gasteiger charge is -2.14. The van der Waals surface area contributed by atoms with Gasteiger partial charge in [-0.3, -0.25) is 9.59 Å². The van der Waals surface area contributed by atoms with Gasteiger partial charge in [0.25, 0.3) is 0 Å². The Bertz CT molecular complexity index is 1470. The Balaban J connectivity index is 1.51. The monoisotopic (exact) mass is 529 g/mol. The molecule has 4 aromatic rings. The van der Waals surface area contributed by atoms with Crippen molar-refractivity contribution in [2.75, 3.05) is 6.61 Å². The molecule has 3 aromatic carbocycles. The number of esters is 2. The van der Waals surface area contributed by atoms with Crippen LogP contribution in [0.3, 0.4) is 0 Å². The number of benzene rings is 3. The first-order valence-electron chi connectivity index (χ1n) is 13.0. The minimum atomic E-state index is -0.726. The van der Waals surface area contributed by atoms with Gasteiger partial charge >= 0.3 is 11.9 Å². The van der Waals surface area contributed by atoms with Crippen LogP contribution >= 0.6 is 0 Å². The summed E-state index contributed by atoms with van der Waals surface area (Å²) >= 11 is 0. The van der Waals surface area contributed by atoms with Gasteiger partial charge in [0.15, 0.2) is 5.76 Å². The molecule has 0 spiro atoms. The van der Waals surface area contributed by atoms with E-state index in [1.165, 1.54) is 6.07 Å². The topological polar surface area (TPSA) is 78.6 Å². The number of rotatable bonds is 9. The number of aryl methyl sites for hydroxylation is 2. The molecule has 0 saturated carbocycles. The summed E-state index contributed by atoms with van der Waals surface area (Å²) in [4.78, 5) is 24.8. The fraction of sp³-hybridized carbons (Fsp3) is 0.281. The summed E-state index contributed by atoms with van der Waals surface area (Å²) < 4.78 is 30.3. The van der Waals surface area contributed by atoms with E-state index in [9.17, 15) is 14.0 Å². The third-order valence-corrected chi connectivity index (χ3v) is 6.81. The number of aromatic nitrogens is 1. The molecule has 1 unspecified atom stereocenters. The number of hydrogen-bond acceptors (Lipinski definition) is 6. The fourth-order valence-electron chi connectivity index (χ4n) is 4.56. The molecule has 0 aliphatic heterocycles. The first-order valence-corrected chi connectivity index (χ1v) is 13.0. The predicted octanol–water partition coefficient (Wildman–Crippen LogP) is 7.28. The number of nitrogens with zero attached hydrogens (tertiary/aromatic N) is 1. The van der Waals surface area contributed by atoms with E-state index in [1.54, 1.807) is 39.0 Å². The fourth-order valence-corrected chi connectivity index (χ4v) is 4.56. The van der Waals surface area contributed by atoms with Crippen LogP contribution < -0.4 is 0 Å². The summed E-state index contributed by atoms with van der Waals surface area (Å²) in [6.07, 6.45) is -0.778. The van der Waals surface area contributed by atoms with Gasteiger partial charge in [0.1, 0.15) is 11.9 Å². The van der Waals surface area contributed by atoms with Crippen molar-refractivity contribution in [1.29, 1.82) is 0 Å². The quantitative estimate of drug-likeness (QED) is 0.212. The Morgan fingerprint density at radius 3 is 2.33 bits per heavy atom. The number of halogens is 1. The van der Waals surface area contributed by atoms with Crippen LogP contribution in [0.1, 0.15) is 60.7 Å². The molecular formula is C32H32FNO5. The third kappa shape index (κ3) is 6.25. The van der Waals surface area contributed by atoms with Crippen LogP contribution in [-0.4, -0.2) is 23.7 Å². The molecule has 0 fully saturated rings. The molecule has 2 atom stereocenters. The molecule has 7 heteroatoms. The van der Waals surface area contributed by atoms with Crippen LogP contribution in [0.25, 0.3) is 22.5 Å². The number of hydrogen-bond donors (Lipinski definition) is 0. The second kappa shape index (κ2) is 12.1. The number of ether oxygens (including phenoxy) is 2. The standard InChI is InChI=1S/C32H32FNO5/c1-6-37-32(36)20(3)23-11-13-24(14-12-23)26-16-15-25(17-19(26)2)31-28(21(4)34-39-31)18-30(35)38-22(5)27-9-7-8-10-29(27)33/h7-17,20,22H,6,18H2,1-5H3/t20?,22-/m1/s1. The van der Waals surface area contributed by atoms with E-state index < -0.39 is 17.9 Å². The highest BCUT2D eigenvalue weighted by Crippen LogP contribution is 2.33. The van der Waals surface area contributed by atoms with Crippen molar-refractivity contribution in [2.45, 2.75) is 53.1 Å². The third-order valence-electron chi connectivity index (χ3n) is 6.81. The molecule has 4 rings (SSSR count). The van der Waals surface area contributed by atoms with Gasteiger partial charge in [0, 0.05) is 16.7 Å². The highest BCUT2D eigenvalue weighted by atomic mass is 19.1. The van der Waals surface area contributed by atoms with E-state index in [0.717, 1.165) is 27.8 Å². The SMILES string of the molecule is CCOC(=O)C(C)c1ccc(-c2ccc(-c3onc(C)c3CC(=O)O[C@H](C)c3ccccc3F)cc2C)cc1. The number of carbonyl (C=O) groups excluding carboxylic acids is 2. The summed E-state index contributed by atoms with van der Waals surface area (Å²) in [5, 5.41) is 4.08. The molecule has 0 N–H and O–H groups in total. The average Bonchev–Trinajstić information content (AvgIpc) is 3.28. The lowest BCUT2D eigenvalue weighted by Crippen LogP contribution is -2.13. The summed E-state index contributed by atoms with van der Waals surface area (Å²) in [5.74, 6) is -0.995. The van der Waals surface area contributed by atoms with Crippen LogP contribution in [0.15, 0.2) is 71.3 Å². The minimum Gasteiger partial charge on any atom is -0.466 e. The first kappa shape index (κ1) is 27.8. The highest BCUT2D eigenvalue weighted by Gasteiger charge is 2.22. The van der Waals surface area contributed by atoms with Crippen molar-refractivity contribution in [3.63, 3.8) is 0 Å². The molecule has 0 amide bonds. The van der Waals surface area contributed by atoms with Gasteiger partial charge in [-0.05, 0) is 69.0 Å². The van der Waals surface area contributed by atoms with Crippen molar-refractivity contribution in [3.05, 3.63) is 100 Å². The lowest BCUT2D eigenvalue weighted by atomic mass is 9.93. The van der Waals surface area contributed by atoms with Crippen LogP contribution in [0.5, 0.6) is 0 Å². The van der Waals surface area contributed by atoms with E-state index in [0.29, 0.717) is 29.2 Å². The number of carbonyl (C=O) groups is 2. The molecule has 1 aromatic heterocycles. The van der Waals surface area contributed by atoms with E-state index in [-0.39, 0.29) is 18.3 Å². The van der Waals surface area contributed by atoms with Gasteiger partial charge < -0.3 is 14.0 Å². The Morgan fingerprint density at radius 1 is 0.974 bits per heavy atom. The van der Waals surface area contributed by atoms with Gasteiger partial charge in [-0.1, -0.05) is 59.8 Å². The van der Waals surface area contributed by atoms with Crippen molar-refractivity contribution in [2.24, 2.45) is 0 Å². The summed E-state index contributed by atoms with van der Waals surface area (Å²) in [7, 11) is 0. The van der Waals surface area contributed by atoms with Crippen molar-refractivity contribution < 1.29 is 28.0 Å². The van der Waals surface area contributed by atoms with E-state index >= 15 is 0 Å². The van der Waals surface area contributed by atoms with Gasteiger partial charge in [-0.15, -0.1) is 0 Å². The van der Waals surface area contributed by atoms with Gasteiger partial charge in [-0.2, -0.15) is 0 Å². The van der Waals surface area contributed by atoms with Crippen molar-refractivity contribution >= 4 is 11.9 Å². The van der Waals surface area contributed by atoms with Crippen LogP contribution in [0.2, 0.25) is 0 Å². The predicted molar refractivity (Wildman–Crippen MR) is 147 cm³/mol. The molecule has 202 valence electrons. The van der Waals surface area contributed by atoms with Crippen molar-refractivity contribution in [3.8, 4) is 22.5 Å². The molecule has 0 radical (unpaired) electrons. The summed E-state index contributed by atoms with van der Waals surface area (Å²) in [5.41, 5.74) is 6.28. The van der Waals surface area contributed by atoms with E-state index in [2.05, 4.69) is 5.16 Å². The second-order valence-corrected chi connectivity index (χ2v) is 9.53. The molecule has 0 saturated heterocycles. The van der Waals surface area contributed by atoms with Crippen LogP contribution in [0.4, 0.5) is 4.39 Å². The zero-order chi connectivity index (χ0) is 28.1. The molecule has 0 aliphatic carbocycles. The Morgan fingerprint density at radius 2 is 1.67 bits per heavy atom. The Kier molecular flexibility index (Phi) is 8.59. The Hall–Kier alpha value is -4.26. The second-order valence-electron chi connectivity index (χ2n) is 9.53. The molecule has 39 heavy (non-hydrogen) atoms. The highest BCUT2D eigenvalue weighted by molar-refractivity contribution is 5.80. The maximum absolute atomic E-state index is 14.1. The maximum Gasteiger partial charge on any atom is 0.313 e. The Labute approximate surface area is 227 Å². The van der Waals surface area contributed by atoms with Gasteiger partial charge in [-0.25, -0.2) is 4.39 Å². The first-order chi connectivity index (χ1) is 18.7. The van der Waals surface area contributed by atoms with Gasteiger partial charge in [0.2, 0.25) is 0 Å². The molecule has 6 nitrogen and oxygen atoms in total. The van der Waals surface area contributed by atoms with Crippen LogP contribution in [-0.2, 0) is 25.5 Å². The zero-order valence-corrected chi connectivity index (χ0v) is 22.8. The molecular weight excluding hydrogens is 497 g/mol. The lowest BCUT2D eigenvalue weighted by molar-refractivity contribution is -0.148. The maximum atomic E-state index is 14.1. The van der Waals surface area contributed by atoms with E-state index in [1.807, 2.05) is 56.3 Å². The summed E-state index contributed by atoms with van der Waals surface area (Å²) in [6, 6.07) is 20.0. The average molecular weight is 530 g/mol. The van der Waals surface area contributed by atoms with E-state index in [4.69, 9.17) is 14.0 Å². The van der Waals surface area contributed by atoms with Gasteiger partial charge in [0.05, 0.1) is 24.6 Å². The zero-order valence-electron chi connectivity index (χ0n) is 22.8. The normalized spacial score (nSPS) is 12.6. The molecule has 1 heterocycles. The minimum absolute atomic E-state index is 0.0512. The largest absolute Gasteiger partial charge is 0.466 e. The summed E-state index contributed by atoms with van der Waals surface area (Å²) in [6.45, 7) is 9.40. The molecule has 0 aliphatic rings. The smallest absolute Gasteiger partial charge is 0.313 e. The van der Waals surface area contributed by atoms with Crippen LogP contribution in [0, 0.1) is 19.7 Å². The molecule has 0 bridgehead atoms. The van der Waals surface area contributed by atoms with Crippen molar-refractivity contribution in [1.82, 2.24) is 5.16 Å².